The lowest BCUT2D eigenvalue weighted by Crippen LogP contribution is -2.30. The molecular formula is C59H114O6. The van der Waals surface area contributed by atoms with Crippen molar-refractivity contribution in [1.82, 2.24) is 0 Å². The van der Waals surface area contributed by atoms with Gasteiger partial charge in [0.05, 0.1) is 0 Å². The highest BCUT2D eigenvalue weighted by atomic mass is 16.6. The summed E-state index contributed by atoms with van der Waals surface area (Å²) in [6, 6.07) is 0. The summed E-state index contributed by atoms with van der Waals surface area (Å²) in [4.78, 5) is 38.1. The largest absolute Gasteiger partial charge is 0.462 e. The fourth-order valence-corrected chi connectivity index (χ4v) is 9.05. The Balaban J connectivity index is 4.27. The van der Waals surface area contributed by atoms with Gasteiger partial charge in [0.25, 0.3) is 0 Å². The van der Waals surface area contributed by atoms with Crippen molar-refractivity contribution in [3.05, 3.63) is 0 Å². The number of carbonyl (C=O) groups excluding carboxylic acids is 3. The summed E-state index contributed by atoms with van der Waals surface area (Å²) in [5, 5.41) is 0. The molecule has 6 nitrogen and oxygen atoms in total. The minimum atomic E-state index is -0.763. The average Bonchev–Trinajstić information content (AvgIpc) is 3.28. The van der Waals surface area contributed by atoms with Crippen molar-refractivity contribution in [2.24, 2.45) is 11.8 Å². The van der Waals surface area contributed by atoms with Gasteiger partial charge < -0.3 is 14.2 Å². The highest BCUT2D eigenvalue weighted by molar-refractivity contribution is 5.71. The molecule has 0 aliphatic rings. The second kappa shape index (κ2) is 51.8. The molecule has 0 fully saturated rings. The van der Waals surface area contributed by atoms with Crippen LogP contribution in [0, 0.1) is 11.8 Å². The molecule has 1 atom stereocenters. The maximum atomic E-state index is 12.9. The molecule has 0 bridgehead atoms. The minimum absolute atomic E-state index is 0.0628. The summed E-state index contributed by atoms with van der Waals surface area (Å²) in [7, 11) is 0. The maximum Gasteiger partial charge on any atom is 0.306 e. The van der Waals surface area contributed by atoms with Crippen molar-refractivity contribution in [1.29, 1.82) is 0 Å². The summed E-state index contributed by atoms with van der Waals surface area (Å²) >= 11 is 0. The number of unbranched alkanes of at least 4 members (excludes halogenated alkanes) is 38. The number of hydrogen-bond donors (Lipinski definition) is 0. The first-order chi connectivity index (χ1) is 31.7. The van der Waals surface area contributed by atoms with Crippen LogP contribution in [-0.2, 0) is 28.6 Å². The predicted octanol–water partition coefficient (Wildman–Crippen LogP) is 19.3. The Bertz CT molecular complexity index is 993. The van der Waals surface area contributed by atoms with E-state index in [9.17, 15) is 14.4 Å². The van der Waals surface area contributed by atoms with Crippen LogP contribution in [0.1, 0.15) is 330 Å². The van der Waals surface area contributed by atoms with Crippen LogP contribution in [0.2, 0.25) is 0 Å². The van der Waals surface area contributed by atoms with Gasteiger partial charge >= 0.3 is 17.9 Å². The predicted molar refractivity (Wildman–Crippen MR) is 280 cm³/mol. The third-order valence-corrected chi connectivity index (χ3v) is 13.5. The number of rotatable bonds is 53. The number of ether oxygens (including phenoxy) is 3. The zero-order valence-corrected chi connectivity index (χ0v) is 44.6. The van der Waals surface area contributed by atoms with Gasteiger partial charge in [-0.3, -0.25) is 14.4 Å². The second-order valence-corrected chi connectivity index (χ2v) is 21.2. The van der Waals surface area contributed by atoms with Crippen molar-refractivity contribution in [2.75, 3.05) is 13.2 Å². The van der Waals surface area contributed by atoms with Crippen LogP contribution < -0.4 is 0 Å². The van der Waals surface area contributed by atoms with Gasteiger partial charge in [-0.25, -0.2) is 0 Å². The van der Waals surface area contributed by atoms with Crippen molar-refractivity contribution in [3.63, 3.8) is 0 Å². The molecule has 0 heterocycles. The Labute approximate surface area is 406 Å². The number of esters is 3. The van der Waals surface area contributed by atoms with E-state index in [1.165, 1.54) is 218 Å². The van der Waals surface area contributed by atoms with Crippen LogP contribution in [0.3, 0.4) is 0 Å². The SMILES string of the molecule is CCCCCCCCCCCCCCCCCCCC(=O)O[C@@H](COC(=O)CCCCCCCCCCCCCCCCCC(C)C)COC(=O)CCCCCCCCCCCC(C)C. The van der Waals surface area contributed by atoms with Crippen LogP contribution in [0.4, 0.5) is 0 Å². The molecular weight excluding hydrogens is 805 g/mol. The molecule has 0 saturated heterocycles. The quantitative estimate of drug-likeness (QED) is 0.0344. The molecule has 0 unspecified atom stereocenters. The number of carbonyl (C=O) groups is 3. The van der Waals surface area contributed by atoms with Crippen LogP contribution in [0.25, 0.3) is 0 Å². The normalized spacial score (nSPS) is 12.0. The van der Waals surface area contributed by atoms with E-state index >= 15 is 0 Å². The van der Waals surface area contributed by atoms with Crippen LogP contribution in [-0.4, -0.2) is 37.2 Å². The lowest BCUT2D eigenvalue weighted by molar-refractivity contribution is -0.167. The van der Waals surface area contributed by atoms with Crippen LogP contribution in [0.15, 0.2) is 0 Å². The van der Waals surface area contributed by atoms with E-state index in [1.54, 1.807) is 0 Å². The Morgan fingerprint density at radius 3 is 0.754 bits per heavy atom. The van der Waals surface area contributed by atoms with Crippen molar-refractivity contribution >= 4 is 17.9 Å². The van der Waals surface area contributed by atoms with Gasteiger partial charge in [0.15, 0.2) is 6.10 Å². The van der Waals surface area contributed by atoms with Gasteiger partial charge in [-0.15, -0.1) is 0 Å². The highest BCUT2D eigenvalue weighted by Gasteiger charge is 2.19. The van der Waals surface area contributed by atoms with Crippen molar-refractivity contribution in [3.8, 4) is 0 Å². The molecule has 0 aliphatic heterocycles. The molecule has 0 aromatic heterocycles. The molecule has 0 spiro atoms. The van der Waals surface area contributed by atoms with Gasteiger partial charge in [0.2, 0.25) is 0 Å². The molecule has 0 rings (SSSR count). The molecule has 0 aromatic rings. The third kappa shape index (κ3) is 53.2. The Morgan fingerprint density at radius 1 is 0.292 bits per heavy atom. The molecule has 386 valence electrons. The fraction of sp³-hybridized carbons (Fsp3) is 0.949. The first kappa shape index (κ1) is 63.4. The minimum Gasteiger partial charge on any atom is -0.462 e. The average molecular weight is 920 g/mol. The van der Waals surface area contributed by atoms with E-state index in [0.29, 0.717) is 19.3 Å². The van der Waals surface area contributed by atoms with Crippen LogP contribution in [0.5, 0.6) is 0 Å². The Morgan fingerprint density at radius 2 is 0.508 bits per heavy atom. The molecule has 65 heavy (non-hydrogen) atoms. The molecule has 0 amide bonds. The summed E-state index contributed by atoms with van der Waals surface area (Å²) < 4.78 is 16.9. The first-order valence-electron chi connectivity index (χ1n) is 29.2. The zero-order chi connectivity index (χ0) is 47.5. The van der Waals surface area contributed by atoms with E-state index in [4.69, 9.17) is 14.2 Å². The topological polar surface area (TPSA) is 78.9 Å². The van der Waals surface area contributed by atoms with Crippen molar-refractivity contribution in [2.45, 2.75) is 336 Å². The Kier molecular flexibility index (Phi) is 50.5. The van der Waals surface area contributed by atoms with Gasteiger partial charge in [-0.2, -0.15) is 0 Å². The monoisotopic (exact) mass is 919 g/mol. The zero-order valence-electron chi connectivity index (χ0n) is 44.6. The maximum absolute atomic E-state index is 12.9. The van der Waals surface area contributed by atoms with Gasteiger partial charge in [0, 0.05) is 19.3 Å². The fourth-order valence-electron chi connectivity index (χ4n) is 9.05. The summed E-state index contributed by atoms with van der Waals surface area (Å²) in [5.41, 5.74) is 0. The lowest BCUT2D eigenvalue weighted by atomic mass is 10.0. The van der Waals surface area contributed by atoms with Gasteiger partial charge in [-0.1, -0.05) is 291 Å². The first-order valence-corrected chi connectivity index (χ1v) is 29.2. The molecule has 0 aliphatic carbocycles. The standard InChI is InChI=1S/C59H114O6/c1-6-7-8-9-10-11-12-13-14-15-18-22-25-30-36-41-46-51-59(62)65-56(53-64-58(61)50-45-40-35-31-26-28-33-38-43-48-55(4)5)52-63-57(60)49-44-39-34-29-24-21-19-16-17-20-23-27-32-37-42-47-54(2)3/h54-56H,6-53H2,1-5H3/t56-/m0/s1. The smallest absolute Gasteiger partial charge is 0.306 e. The molecule has 0 N–H and O–H groups in total. The van der Waals surface area contributed by atoms with Crippen LogP contribution >= 0.6 is 0 Å². The highest BCUT2D eigenvalue weighted by Crippen LogP contribution is 2.18. The van der Waals surface area contributed by atoms with E-state index in [0.717, 1.165) is 69.6 Å². The summed E-state index contributed by atoms with van der Waals surface area (Å²) in [6.07, 6.45) is 55.3. The number of hydrogen-bond acceptors (Lipinski definition) is 6. The summed E-state index contributed by atoms with van der Waals surface area (Å²) in [6.45, 7) is 11.4. The van der Waals surface area contributed by atoms with E-state index in [2.05, 4.69) is 34.6 Å². The van der Waals surface area contributed by atoms with E-state index in [-0.39, 0.29) is 31.1 Å². The summed E-state index contributed by atoms with van der Waals surface area (Å²) in [5.74, 6) is 0.818. The van der Waals surface area contributed by atoms with E-state index < -0.39 is 6.10 Å². The molecule has 0 aromatic carbocycles. The van der Waals surface area contributed by atoms with Gasteiger partial charge in [-0.05, 0) is 31.1 Å². The molecule has 0 saturated carbocycles. The second-order valence-electron chi connectivity index (χ2n) is 21.2. The lowest BCUT2D eigenvalue weighted by Gasteiger charge is -2.18. The van der Waals surface area contributed by atoms with Gasteiger partial charge in [0.1, 0.15) is 13.2 Å². The molecule has 6 heteroatoms. The Hall–Kier alpha value is -1.59. The molecule has 0 radical (unpaired) electrons. The third-order valence-electron chi connectivity index (χ3n) is 13.5. The van der Waals surface area contributed by atoms with E-state index in [1.807, 2.05) is 0 Å². The van der Waals surface area contributed by atoms with Crippen molar-refractivity contribution < 1.29 is 28.6 Å².